The van der Waals surface area contributed by atoms with Crippen molar-refractivity contribution in [3.05, 3.63) is 34.9 Å². The van der Waals surface area contributed by atoms with Crippen molar-refractivity contribution < 1.29 is 4.79 Å². The SMILES string of the molecule is Cl.O=C(N[C@@H]1C[C@H]2CC[C@@H]1N2)c1ccc2c(c1)CCC2. The monoisotopic (exact) mass is 292 g/mol. The van der Waals surface area contributed by atoms with E-state index in [9.17, 15) is 4.79 Å². The molecule has 108 valence electrons. The molecule has 1 aromatic carbocycles. The first-order valence-corrected chi connectivity index (χ1v) is 7.48. The molecular formula is C16H21ClN2O. The number of carbonyl (C=O) groups excluding carboxylic acids is 1. The van der Waals surface area contributed by atoms with Crippen LogP contribution in [0.1, 0.15) is 47.2 Å². The fourth-order valence-electron chi connectivity index (χ4n) is 3.95. The van der Waals surface area contributed by atoms with E-state index < -0.39 is 0 Å². The average molecular weight is 293 g/mol. The molecule has 2 fully saturated rings. The number of nitrogens with one attached hydrogen (secondary N) is 2. The van der Waals surface area contributed by atoms with Crippen LogP contribution in [-0.2, 0) is 12.8 Å². The van der Waals surface area contributed by atoms with Crippen molar-refractivity contribution >= 4 is 18.3 Å². The quantitative estimate of drug-likeness (QED) is 0.877. The minimum atomic E-state index is 0. The van der Waals surface area contributed by atoms with Crippen molar-refractivity contribution in [3.63, 3.8) is 0 Å². The smallest absolute Gasteiger partial charge is 0.251 e. The summed E-state index contributed by atoms with van der Waals surface area (Å²) in [5.41, 5.74) is 3.64. The van der Waals surface area contributed by atoms with Crippen LogP contribution in [0.15, 0.2) is 18.2 Å². The van der Waals surface area contributed by atoms with Crippen LogP contribution in [0.4, 0.5) is 0 Å². The molecule has 0 radical (unpaired) electrons. The first-order valence-electron chi connectivity index (χ1n) is 7.48. The summed E-state index contributed by atoms with van der Waals surface area (Å²) >= 11 is 0. The van der Waals surface area contributed by atoms with Crippen molar-refractivity contribution in [1.82, 2.24) is 10.6 Å². The highest BCUT2D eigenvalue weighted by atomic mass is 35.5. The van der Waals surface area contributed by atoms with E-state index in [0.717, 1.165) is 18.4 Å². The van der Waals surface area contributed by atoms with Gasteiger partial charge in [-0.2, -0.15) is 0 Å². The van der Waals surface area contributed by atoms with Crippen molar-refractivity contribution in [2.24, 2.45) is 0 Å². The summed E-state index contributed by atoms with van der Waals surface area (Å²) in [5.74, 6) is 0.106. The van der Waals surface area contributed by atoms with Crippen LogP contribution in [0.5, 0.6) is 0 Å². The van der Waals surface area contributed by atoms with Gasteiger partial charge in [0.15, 0.2) is 0 Å². The van der Waals surface area contributed by atoms with Gasteiger partial charge in [0.1, 0.15) is 0 Å². The van der Waals surface area contributed by atoms with Gasteiger partial charge < -0.3 is 10.6 Å². The Morgan fingerprint density at radius 1 is 1.20 bits per heavy atom. The average Bonchev–Trinajstić information content (AvgIpc) is 3.13. The lowest BCUT2D eigenvalue weighted by molar-refractivity contribution is 0.0931. The van der Waals surface area contributed by atoms with Gasteiger partial charge in [-0.15, -0.1) is 12.4 Å². The summed E-state index contributed by atoms with van der Waals surface area (Å²) < 4.78 is 0. The van der Waals surface area contributed by atoms with Crippen LogP contribution in [0.25, 0.3) is 0 Å². The Hall–Kier alpha value is -1.06. The van der Waals surface area contributed by atoms with Crippen LogP contribution in [0, 0.1) is 0 Å². The molecule has 1 amide bonds. The number of carbonyl (C=O) groups is 1. The van der Waals surface area contributed by atoms with E-state index in [-0.39, 0.29) is 18.3 Å². The predicted molar refractivity (Wildman–Crippen MR) is 81.5 cm³/mol. The van der Waals surface area contributed by atoms with E-state index in [4.69, 9.17) is 0 Å². The van der Waals surface area contributed by atoms with Crippen molar-refractivity contribution in [2.75, 3.05) is 0 Å². The predicted octanol–water partition coefficient (Wildman–Crippen LogP) is 2.22. The zero-order chi connectivity index (χ0) is 12.8. The van der Waals surface area contributed by atoms with Gasteiger partial charge in [0, 0.05) is 23.7 Å². The molecule has 4 heteroatoms. The maximum atomic E-state index is 12.3. The van der Waals surface area contributed by atoms with Gasteiger partial charge in [0.25, 0.3) is 5.91 Å². The molecular weight excluding hydrogens is 272 g/mol. The first kappa shape index (κ1) is 13.9. The minimum absolute atomic E-state index is 0. The first-order chi connectivity index (χ1) is 9.29. The molecule has 3 atom stereocenters. The van der Waals surface area contributed by atoms with Crippen molar-refractivity contribution in [1.29, 1.82) is 0 Å². The number of amides is 1. The summed E-state index contributed by atoms with van der Waals surface area (Å²) in [6.07, 6.45) is 7.12. The maximum absolute atomic E-state index is 12.3. The lowest BCUT2D eigenvalue weighted by Gasteiger charge is -2.21. The van der Waals surface area contributed by atoms with Gasteiger partial charge in [0.2, 0.25) is 0 Å². The molecule has 2 bridgehead atoms. The number of benzene rings is 1. The normalized spacial score (nSPS) is 29.9. The Kier molecular flexibility index (Phi) is 3.74. The van der Waals surface area contributed by atoms with E-state index in [0.29, 0.717) is 18.1 Å². The highest BCUT2D eigenvalue weighted by molar-refractivity contribution is 5.94. The fraction of sp³-hybridized carbons (Fsp3) is 0.562. The van der Waals surface area contributed by atoms with Gasteiger partial charge in [0.05, 0.1) is 0 Å². The van der Waals surface area contributed by atoms with Crippen LogP contribution < -0.4 is 10.6 Å². The van der Waals surface area contributed by atoms with Gasteiger partial charge in [-0.3, -0.25) is 4.79 Å². The second kappa shape index (κ2) is 5.38. The summed E-state index contributed by atoms with van der Waals surface area (Å²) in [4.78, 5) is 12.3. The van der Waals surface area contributed by atoms with E-state index in [2.05, 4.69) is 22.8 Å². The Balaban J connectivity index is 0.00000121. The second-order valence-electron chi connectivity index (χ2n) is 6.20. The van der Waals surface area contributed by atoms with E-state index in [1.54, 1.807) is 0 Å². The summed E-state index contributed by atoms with van der Waals surface area (Å²) in [6, 6.07) is 7.69. The molecule has 1 aliphatic carbocycles. The van der Waals surface area contributed by atoms with Crippen LogP contribution in [-0.4, -0.2) is 24.0 Å². The third-order valence-corrected chi connectivity index (χ3v) is 4.98. The van der Waals surface area contributed by atoms with Crippen molar-refractivity contribution in [3.8, 4) is 0 Å². The van der Waals surface area contributed by atoms with Crippen molar-refractivity contribution in [2.45, 2.75) is 56.7 Å². The second-order valence-corrected chi connectivity index (χ2v) is 6.20. The lowest BCUT2D eigenvalue weighted by atomic mass is 9.95. The zero-order valence-electron chi connectivity index (χ0n) is 11.5. The molecule has 2 saturated heterocycles. The van der Waals surface area contributed by atoms with E-state index in [1.807, 2.05) is 6.07 Å². The van der Waals surface area contributed by atoms with Crippen LogP contribution in [0.3, 0.4) is 0 Å². The summed E-state index contributed by atoms with van der Waals surface area (Å²) in [6.45, 7) is 0. The molecule has 0 spiro atoms. The van der Waals surface area contributed by atoms with Gasteiger partial charge in [-0.05, 0) is 61.8 Å². The molecule has 2 aliphatic heterocycles. The molecule has 0 aromatic heterocycles. The molecule has 3 nitrogen and oxygen atoms in total. The topological polar surface area (TPSA) is 41.1 Å². The fourth-order valence-corrected chi connectivity index (χ4v) is 3.95. The third-order valence-electron chi connectivity index (χ3n) is 4.98. The van der Waals surface area contributed by atoms with Crippen LogP contribution >= 0.6 is 12.4 Å². The number of rotatable bonds is 2. The summed E-state index contributed by atoms with van der Waals surface area (Å²) in [7, 11) is 0. The molecule has 2 heterocycles. The molecule has 2 N–H and O–H groups in total. The van der Waals surface area contributed by atoms with Gasteiger partial charge in [-0.1, -0.05) is 6.07 Å². The lowest BCUT2D eigenvalue weighted by Crippen LogP contribution is -2.42. The van der Waals surface area contributed by atoms with E-state index >= 15 is 0 Å². The Morgan fingerprint density at radius 3 is 2.80 bits per heavy atom. The zero-order valence-corrected chi connectivity index (χ0v) is 12.3. The Bertz CT molecular complexity index is 531. The third kappa shape index (κ3) is 2.33. The van der Waals surface area contributed by atoms with Gasteiger partial charge in [-0.25, -0.2) is 0 Å². The molecule has 0 unspecified atom stereocenters. The summed E-state index contributed by atoms with van der Waals surface area (Å²) in [5, 5.41) is 6.78. The highest BCUT2D eigenvalue weighted by Gasteiger charge is 2.39. The number of hydrogen-bond donors (Lipinski definition) is 2. The Labute approximate surface area is 125 Å². The minimum Gasteiger partial charge on any atom is -0.348 e. The number of aryl methyl sites for hydroxylation is 2. The van der Waals surface area contributed by atoms with E-state index in [1.165, 1.54) is 36.8 Å². The molecule has 0 saturated carbocycles. The number of fused-ring (bicyclic) bond motifs is 3. The largest absolute Gasteiger partial charge is 0.348 e. The molecule has 4 rings (SSSR count). The maximum Gasteiger partial charge on any atom is 0.251 e. The number of halogens is 1. The Morgan fingerprint density at radius 2 is 2.05 bits per heavy atom. The van der Waals surface area contributed by atoms with Crippen LogP contribution in [0.2, 0.25) is 0 Å². The molecule has 3 aliphatic rings. The standard InChI is InChI=1S/C16H20N2O.ClH/c19-16(18-15-9-13-6-7-14(15)17-13)12-5-4-10-2-1-3-11(10)8-12;/h4-5,8,13-15,17H,1-3,6-7,9H2,(H,18,19);1H/t13-,14+,15-;/m1./s1. The van der Waals surface area contributed by atoms with Gasteiger partial charge >= 0.3 is 0 Å². The molecule has 20 heavy (non-hydrogen) atoms. The highest BCUT2D eigenvalue weighted by Crippen LogP contribution is 2.28. The number of hydrogen-bond acceptors (Lipinski definition) is 2. The molecule has 1 aromatic rings.